The molecule has 3 fully saturated rings. The number of amidine groups is 1. The summed E-state index contributed by atoms with van der Waals surface area (Å²) >= 11 is 0. The fourth-order valence-electron chi connectivity index (χ4n) is 7.45. The second kappa shape index (κ2) is 17.2. The van der Waals surface area contributed by atoms with Gasteiger partial charge < -0.3 is 20.1 Å². The van der Waals surface area contributed by atoms with Crippen LogP contribution in [-0.2, 0) is 30.8 Å². The third kappa shape index (κ3) is 9.76. The number of alkyl halides is 3. The van der Waals surface area contributed by atoms with Crippen molar-refractivity contribution >= 4 is 33.7 Å². The van der Waals surface area contributed by atoms with Crippen LogP contribution in [0.4, 0.5) is 18.0 Å². The van der Waals surface area contributed by atoms with Gasteiger partial charge in [0.15, 0.2) is 5.54 Å². The van der Waals surface area contributed by atoms with Gasteiger partial charge in [-0.15, -0.1) is 19.8 Å². The van der Waals surface area contributed by atoms with E-state index in [1.807, 2.05) is 32.1 Å². The molecule has 2 spiro atoms. The van der Waals surface area contributed by atoms with Crippen LogP contribution in [-0.4, -0.2) is 79.3 Å². The first-order valence-electron chi connectivity index (χ1n) is 18.7. The Morgan fingerprint density at radius 3 is 2.16 bits per heavy atom. The molecule has 2 atom stereocenters. The van der Waals surface area contributed by atoms with Crippen LogP contribution in [0.25, 0.3) is 0 Å². The van der Waals surface area contributed by atoms with Gasteiger partial charge in [-0.25, -0.2) is 17.5 Å². The van der Waals surface area contributed by atoms with Crippen LogP contribution in [0.1, 0.15) is 98.6 Å². The molecule has 0 bridgehead atoms. The summed E-state index contributed by atoms with van der Waals surface area (Å²) in [6.07, 6.45) is 6.61. The normalized spacial score (nSPS) is 22.0. The molecule has 16 heteroatoms. The number of sulfonamides is 1. The van der Waals surface area contributed by atoms with E-state index in [0.29, 0.717) is 11.1 Å². The molecule has 4 aliphatic rings. The van der Waals surface area contributed by atoms with Crippen molar-refractivity contribution in [2.75, 3.05) is 25.4 Å². The zero-order chi connectivity index (χ0) is 40.0. The average molecular weight is 790 g/mol. The molecule has 3 N–H and O–H groups in total. The van der Waals surface area contributed by atoms with Crippen LogP contribution in [0.3, 0.4) is 0 Å². The van der Waals surface area contributed by atoms with E-state index in [1.165, 1.54) is 61.4 Å². The smallest absolute Gasteiger partial charge is 0.406 e. The molecule has 3 saturated heterocycles. The predicted octanol–water partition coefficient (Wildman–Crippen LogP) is 6.06. The minimum atomic E-state index is -4.83. The number of benzene rings is 2. The molecule has 4 heterocycles. The number of carbonyl (C=O) groups excluding carboxylic acids is 3. The molecule has 4 aliphatic heterocycles. The van der Waals surface area contributed by atoms with E-state index in [-0.39, 0.29) is 56.5 Å². The first kappa shape index (κ1) is 41.9. The number of amides is 4. The number of halogens is 3. The largest absolute Gasteiger partial charge is 0.573 e. The number of aliphatic imine (C=N–C) groups is 1. The van der Waals surface area contributed by atoms with Crippen molar-refractivity contribution in [1.29, 1.82) is 0 Å². The lowest BCUT2D eigenvalue weighted by molar-refractivity contribution is -0.274. The molecular weight excluding hydrogens is 740 g/mol. The van der Waals surface area contributed by atoms with E-state index < -0.39 is 51.3 Å². The first-order valence-corrected chi connectivity index (χ1v) is 20.3. The zero-order valence-corrected chi connectivity index (χ0v) is 32.3. The van der Waals surface area contributed by atoms with E-state index in [4.69, 9.17) is 4.74 Å². The number of aryl methyl sites for hydroxylation is 2. The van der Waals surface area contributed by atoms with Crippen LogP contribution in [0.15, 0.2) is 54.0 Å². The summed E-state index contributed by atoms with van der Waals surface area (Å²) in [7, 11) is -3.69. The van der Waals surface area contributed by atoms with Crippen LogP contribution in [0, 0.1) is 13.8 Å². The van der Waals surface area contributed by atoms with Gasteiger partial charge in [-0.1, -0.05) is 57.2 Å². The summed E-state index contributed by atoms with van der Waals surface area (Å²) in [5.41, 5.74) is 1.30. The number of piperidine rings is 1. The molecule has 6 rings (SSSR count). The molecule has 0 radical (unpaired) electrons. The number of unbranched alkanes of at least 4 members (excludes halogenated alkanes) is 6. The monoisotopic (exact) mass is 789 g/mol. The highest BCUT2D eigenvalue weighted by Crippen LogP contribution is 2.42. The van der Waals surface area contributed by atoms with Crippen LogP contribution in [0.2, 0.25) is 0 Å². The summed E-state index contributed by atoms with van der Waals surface area (Å²) in [5, 5.41) is 7.59. The van der Waals surface area contributed by atoms with Crippen molar-refractivity contribution in [2.24, 2.45) is 4.99 Å². The Hall–Kier alpha value is -4.28. The molecule has 300 valence electrons. The van der Waals surface area contributed by atoms with Gasteiger partial charge in [0.05, 0.1) is 12.4 Å². The number of imide groups is 1. The van der Waals surface area contributed by atoms with E-state index in [0.717, 1.165) is 28.8 Å². The number of hydrogen-bond donors (Lipinski definition) is 3. The third-order valence-corrected chi connectivity index (χ3v) is 12.4. The molecule has 2 aromatic rings. The Bertz CT molecular complexity index is 1870. The highest BCUT2D eigenvalue weighted by molar-refractivity contribution is 7.89. The summed E-state index contributed by atoms with van der Waals surface area (Å²) < 4.78 is 75.0. The number of ether oxygens (including phenoxy) is 2. The number of hydrogen-bond acceptors (Lipinski definition) is 8. The second-order valence-electron chi connectivity index (χ2n) is 14.5. The predicted molar refractivity (Wildman–Crippen MR) is 201 cm³/mol. The lowest BCUT2D eigenvalue weighted by Gasteiger charge is -2.44. The van der Waals surface area contributed by atoms with E-state index >= 15 is 0 Å². The Kier molecular flexibility index (Phi) is 13.1. The summed E-state index contributed by atoms with van der Waals surface area (Å²) in [6, 6.07) is 8.08. The number of nitrogens with zero attached hydrogens (tertiary/aromatic N) is 2. The van der Waals surface area contributed by atoms with Crippen molar-refractivity contribution in [1.82, 2.24) is 20.3 Å². The molecule has 2 aromatic carbocycles. The number of nitrogens with one attached hydrogen (secondary N) is 3. The minimum Gasteiger partial charge on any atom is -0.406 e. The second-order valence-corrected chi connectivity index (χ2v) is 16.6. The molecule has 2 unspecified atom stereocenters. The van der Waals surface area contributed by atoms with Crippen molar-refractivity contribution in [3.8, 4) is 5.75 Å². The van der Waals surface area contributed by atoms with Gasteiger partial charge in [0.25, 0.3) is 11.8 Å². The molecule has 4 amide bonds. The third-order valence-electron chi connectivity index (χ3n) is 10.6. The van der Waals surface area contributed by atoms with Crippen LogP contribution >= 0.6 is 0 Å². The molecule has 0 aliphatic carbocycles. The topological polar surface area (TPSA) is 155 Å². The van der Waals surface area contributed by atoms with Crippen LogP contribution < -0.4 is 20.7 Å². The minimum absolute atomic E-state index is 0.0621. The maximum Gasteiger partial charge on any atom is 0.573 e. The van der Waals surface area contributed by atoms with Crippen molar-refractivity contribution in [3.63, 3.8) is 0 Å². The first-order chi connectivity index (χ1) is 26.0. The quantitative estimate of drug-likeness (QED) is 0.120. The molecule has 12 nitrogen and oxygen atoms in total. The van der Waals surface area contributed by atoms with Crippen molar-refractivity contribution in [3.05, 3.63) is 76.9 Å². The Morgan fingerprint density at radius 2 is 1.62 bits per heavy atom. The highest BCUT2D eigenvalue weighted by atomic mass is 32.2. The van der Waals surface area contributed by atoms with Gasteiger partial charge in [-0.2, -0.15) is 0 Å². The molecular formula is C39H50F3N5O7S. The number of rotatable bonds is 14. The summed E-state index contributed by atoms with van der Waals surface area (Å²) in [5.74, 6) is -1.18. The Labute approximate surface area is 320 Å². The van der Waals surface area contributed by atoms with Crippen LogP contribution in [0.5, 0.6) is 5.75 Å². The summed E-state index contributed by atoms with van der Waals surface area (Å²) in [4.78, 5) is 41.6. The lowest BCUT2D eigenvalue weighted by atomic mass is 9.81. The van der Waals surface area contributed by atoms with Gasteiger partial charge in [0, 0.05) is 18.7 Å². The van der Waals surface area contributed by atoms with E-state index in [9.17, 15) is 36.0 Å². The maximum absolute atomic E-state index is 13.3. The molecule has 0 saturated carbocycles. The zero-order valence-electron chi connectivity index (χ0n) is 31.5. The standard InChI is InChI=1S/C29H30F3N5O7S.C10H20/c1-16-13-19(22-28(15-43-22)25(39)34-26(40)36-28)14-17(2)21(16)7-12-45(41,42)37-10-8-27(9-11-37)24(38)33-23(35-27)18-3-5-20(6-4-18)44-29(30,31)32;1-3-5-7-9-10-8-6-4-2/h3-6,13-14,22H,7-12,15H2,1-2H3,(H,33,35,38)(H2,34,36,39,40);3H,1,4-10H2,2H3. The van der Waals surface area contributed by atoms with Gasteiger partial charge in [-0.05, 0) is 92.5 Å². The van der Waals surface area contributed by atoms with Gasteiger partial charge >= 0.3 is 12.4 Å². The average Bonchev–Trinajstić information content (AvgIpc) is 3.60. The summed E-state index contributed by atoms with van der Waals surface area (Å²) in [6.45, 7) is 9.88. The molecule has 0 aromatic heterocycles. The van der Waals surface area contributed by atoms with Gasteiger partial charge in [0.2, 0.25) is 10.0 Å². The van der Waals surface area contributed by atoms with Crippen molar-refractivity contribution in [2.45, 2.75) is 109 Å². The fraction of sp³-hybridized carbons (Fsp3) is 0.538. The number of urea groups is 1. The lowest BCUT2D eigenvalue weighted by Crippen LogP contribution is -2.63. The highest BCUT2D eigenvalue weighted by Gasteiger charge is 2.60. The Morgan fingerprint density at radius 1 is 0.982 bits per heavy atom. The van der Waals surface area contributed by atoms with Gasteiger partial charge in [0.1, 0.15) is 23.2 Å². The van der Waals surface area contributed by atoms with Crippen molar-refractivity contribution < 1.29 is 45.4 Å². The number of allylic oxidation sites excluding steroid dienone is 1. The fourth-order valence-corrected chi connectivity index (χ4v) is 8.91. The Balaban J connectivity index is 0.000000511. The van der Waals surface area contributed by atoms with Gasteiger partial charge in [-0.3, -0.25) is 19.9 Å². The van der Waals surface area contributed by atoms with E-state index in [2.05, 4.69) is 39.2 Å². The number of carbonyl (C=O) groups is 3. The SMILES string of the molecule is C=CCCCCCCCC.Cc1cc(C2OCC23NC(=O)NC3=O)cc(C)c1CCS(=O)(=O)N1CCC2(CC1)N=C(c1ccc(OC(F)(F)F)cc1)NC2=O. The van der Waals surface area contributed by atoms with E-state index in [1.54, 1.807) is 0 Å². The maximum atomic E-state index is 13.3. The molecule has 55 heavy (non-hydrogen) atoms.